The smallest absolute Gasteiger partial charge is 0.223 e. The fraction of sp³-hybridized carbons (Fsp3) is 0.333. The summed E-state index contributed by atoms with van der Waals surface area (Å²) >= 11 is 8.35. The average molecular weight is 346 g/mol. The van der Waals surface area contributed by atoms with Crippen LogP contribution in [0.3, 0.4) is 0 Å². The zero-order chi connectivity index (χ0) is 14.2. The fourth-order valence-electron chi connectivity index (χ4n) is 1.80. The Morgan fingerprint density at radius 2 is 2.21 bits per heavy atom. The lowest BCUT2D eigenvalue weighted by Gasteiger charge is -2.10. The molecule has 0 aliphatic heterocycles. The van der Waals surface area contributed by atoms with Gasteiger partial charge in [-0.3, -0.25) is 4.79 Å². The van der Waals surface area contributed by atoms with Crippen molar-refractivity contribution in [3.63, 3.8) is 0 Å². The first-order chi connectivity index (χ1) is 8.90. The van der Waals surface area contributed by atoms with Gasteiger partial charge in [-0.15, -0.1) is 0 Å². The summed E-state index contributed by atoms with van der Waals surface area (Å²) in [4.78, 5) is 16.1. The molecule has 0 radical (unpaired) electrons. The molecule has 1 aromatic heterocycles. The normalized spacial score (nSPS) is 10.9. The van der Waals surface area contributed by atoms with Crippen molar-refractivity contribution in [1.29, 1.82) is 0 Å². The summed E-state index contributed by atoms with van der Waals surface area (Å²) in [6.07, 6.45) is 0.350. The zero-order valence-corrected chi connectivity index (χ0v) is 12.9. The van der Waals surface area contributed by atoms with E-state index in [1.807, 2.05) is 0 Å². The highest BCUT2D eigenvalue weighted by Gasteiger charge is 2.11. The van der Waals surface area contributed by atoms with E-state index < -0.39 is 0 Å². The largest absolute Gasteiger partial charge is 0.349 e. The maximum absolute atomic E-state index is 13.4. The van der Waals surface area contributed by atoms with Crippen LogP contribution < -0.4 is 0 Å². The summed E-state index contributed by atoms with van der Waals surface area (Å²) in [5, 5.41) is 0. The van der Waals surface area contributed by atoms with Gasteiger partial charge in [0, 0.05) is 33.1 Å². The number of rotatable bonds is 3. The minimum Gasteiger partial charge on any atom is -0.349 e. The van der Waals surface area contributed by atoms with Gasteiger partial charge < -0.3 is 14.5 Å². The highest BCUT2D eigenvalue weighted by atomic mass is 79.9. The Balaban J connectivity index is 2.38. The van der Waals surface area contributed by atoms with Crippen LogP contribution in [0.4, 0.5) is 4.39 Å². The lowest BCUT2D eigenvalue weighted by molar-refractivity contribution is -0.128. The molecule has 0 atom stereocenters. The van der Waals surface area contributed by atoms with Crippen molar-refractivity contribution in [2.75, 3.05) is 14.1 Å². The average Bonchev–Trinajstić information content (AvgIpc) is 2.62. The number of carbonyl (C=O) groups excluding carboxylic acids is 1. The third-order valence-electron chi connectivity index (χ3n) is 2.86. The lowest BCUT2D eigenvalue weighted by atomic mass is 10.3. The summed E-state index contributed by atoms with van der Waals surface area (Å²) < 4.78 is 16.1. The number of halogens is 2. The molecule has 1 aromatic carbocycles. The number of aromatic nitrogens is 2. The maximum Gasteiger partial charge on any atom is 0.223 e. The Kier molecular flexibility index (Phi) is 4.05. The minimum absolute atomic E-state index is 0.0254. The molecular formula is C12H13BrFN3OS. The molecule has 7 heteroatoms. The molecule has 102 valence electrons. The molecule has 2 aromatic rings. The van der Waals surface area contributed by atoms with Crippen molar-refractivity contribution >= 4 is 45.1 Å². The highest BCUT2D eigenvalue weighted by Crippen LogP contribution is 2.23. The van der Waals surface area contributed by atoms with Gasteiger partial charge in [-0.2, -0.15) is 0 Å². The summed E-state index contributed by atoms with van der Waals surface area (Å²) in [6, 6.07) is 3.05. The summed E-state index contributed by atoms with van der Waals surface area (Å²) in [5.41, 5.74) is 1.41. The lowest BCUT2D eigenvalue weighted by Crippen LogP contribution is -2.22. The summed E-state index contributed by atoms with van der Waals surface area (Å²) in [7, 11) is 3.42. The first-order valence-corrected chi connectivity index (χ1v) is 6.88. The molecule has 0 saturated carbocycles. The number of amides is 1. The highest BCUT2D eigenvalue weighted by molar-refractivity contribution is 9.10. The SMILES string of the molecule is CN(C)C(=O)CCn1c(=S)[nH]c2cc(F)c(Br)cc21. The second-order valence-electron chi connectivity index (χ2n) is 4.40. The standard InChI is InChI=1S/C12H13BrFN3OS/c1-16(2)11(18)3-4-17-10-5-7(13)8(14)6-9(10)15-12(17)19/h5-6H,3-4H2,1-2H3,(H,15,19). The molecule has 2 rings (SSSR count). The summed E-state index contributed by atoms with van der Waals surface area (Å²) in [6.45, 7) is 0.466. The van der Waals surface area contributed by atoms with E-state index in [1.165, 1.54) is 11.0 Å². The van der Waals surface area contributed by atoms with Gasteiger partial charge in [0.1, 0.15) is 5.82 Å². The van der Waals surface area contributed by atoms with Gasteiger partial charge in [0.25, 0.3) is 0 Å². The monoisotopic (exact) mass is 345 g/mol. The Morgan fingerprint density at radius 3 is 2.84 bits per heavy atom. The maximum atomic E-state index is 13.4. The molecule has 1 heterocycles. The molecule has 19 heavy (non-hydrogen) atoms. The number of hydrogen-bond acceptors (Lipinski definition) is 2. The van der Waals surface area contributed by atoms with Crippen LogP contribution in [0.5, 0.6) is 0 Å². The topological polar surface area (TPSA) is 41.0 Å². The van der Waals surface area contributed by atoms with Crippen molar-refractivity contribution in [1.82, 2.24) is 14.5 Å². The van der Waals surface area contributed by atoms with Crippen molar-refractivity contribution in [2.45, 2.75) is 13.0 Å². The number of hydrogen-bond donors (Lipinski definition) is 1. The Bertz CT molecular complexity index is 692. The van der Waals surface area contributed by atoms with Gasteiger partial charge in [-0.25, -0.2) is 4.39 Å². The number of nitrogens with one attached hydrogen (secondary N) is 1. The van der Waals surface area contributed by atoms with Crippen molar-refractivity contribution < 1.29 is 9.18 Å². The Labute approximate surface area is 123 Å². The van der Waals surface area contributed by atoms with E-state index in [9.17, 15) is 9.18 Å². The van der Waals surface area contributed by atoms with E-state index >= 15 is 0 Å². The van der Waals surface area contributed by atoms with Gasteiger partial charge in [-0.1, -0.05) is 0 Å². The van der Waals surface area contributed by atoms with Crippen LogP contribution in [0.1, 0.15) is 6.42 Å². The Hall–Kier alpha value is -1.21. The number of carbonyl (C=O) groups is 1. The minimum atomic E-state index is -0.347. The predicted octanol–water partition coefficient (Wildman–Crippen LogP) is 3.08. The molecule has 1 amide bonds. The Morgan fingerprint density at radius 1 is 1.53 bits per heavy atom. The van der Waals surface area contributed by atoms with E-state index in [4.69, 9.17) is 12.2 Å². The third-order valence-corrected chi connectivity index (χ3v) is 3.79. The molecule has 0 aliphatic rings. The molecule has 0 saturated heterocycles. The molecule has 0 spiro atoms. The van der Waals surface area contributed by atoms with Gasteiger partial charge in [0.2, 0.25) is 5.91 Å². The molecule has 4 nitrogen and oxygen atoms in total. The molecule has 0 bridgehead atoms. The first-order valence-electron chi connectivity index (χ1n) is 5.68. The van der Waals surface area contributed by atoms with Crippen LogP contribution >= 0.6 is 28.1 Å². The van der Waals surface area contributed by atoms with E-state index in [-0.39, 0.29) is 11.7 Å². The number of aryl methyl sites for hydroxylation is 1. The van der Waals surface area contributed by atoms with Crippen LogP contribution in [0.2, 0.25) is 0 Å². The van der Waals surface area contributed by atoms with E-state index in [1.54, 1.807) is 24.7 Å². The molecule has 0 fully saturated rings. The van der Waals surface area contributed by atoms with Gasteiger partial charge >= 0.3 is 0 Å². The summed E-state index contributed by atoms with van der Waals surface area (Å²) in [5.74, 6) is -0.322. The van der Waals surface area contributed by atoms with Crippen LogP contribution in [-0.2, 0) is 11.3 Å². The molecular weight excluding hydrogens is 333 g/mol. The van der Waals surface area contributed by atoms with Crippen molar-refractivity contribution in [3.8, 4) is 0 Å². The fourth-order valence-corrected chi connectivity index (χ4v) is 2.44. The van der Waals surface area contributed by atoms with Gasteiger partial charge in [-0.05, 0) is 34.2 Å². The predicted molar refractivity (Wildman–Crippen MR) is 78.1 cm³/mol. The molecule has 0 aliphatic carbocycles. The van der Waals surface area contributed by atoms with Crippen LogP contribution in [0.25, 0.3) is 11.0 Å². The number of benzene rings is 1. The van der Waals surface area contributed by atoms with Crippen LogP contribution in [0, 0.1) is 10.6 Å². The third kappa shape index (κ3) is 2.87. The van der Waals surface area contributed by atoms with Crippen molar-refractivity contribution in [2.24, 2.45) is 0 Å². The number of fused-ring (bicyclic) bond motifs is 1. The van der Waals surface area contributed by atoms with Crippen LogP contribution in [0.15, 0.2) is 16.6 Å². The second kappa shape index (κ2) is 5.42. The van der Waals surface area contributed by atoms with Gasteiger partial charge in [0.05, 0.1) is 15.5 Å². The number of aromatic amines is 1. The molecule has 1 N–H and O–H groups in total. The van der Waals surface area contributed by atoms with E-state index in [2.05, 4.69) is 20.9 Å². The van der Waals surface area contributed by atoms with E-state index in [0.29, 0.717) is 27.7 Å². The quantitative estimate of drug-likeness (QED) is 0.868. The molecule has 0 unspecified atom stereocenters. The van der Waals surface area contributed by atoms with Gasteiger partial charge in [0.15, 0.2) is 4.77 Å². The van der Waals surface area contributed by atoms with Crippen LogP contribution in [-0.4, -0.2) is 34.5 Å². The van der Waals surface area contributed by atoms with Crippen molar-refractivity contribution in [3.05, 3.63) is 27.2 Å². The zero-order valence-electron chi connectivity index (χ0n) is 10.5. The van der Waals surface area contributed by atoms with E-state index in [0.717, 1.165) is 5.52 Å². The second-order valence-corrected chi connectivity index (χ2v) is 5.64. The number of imidazole rings is 1. The first kappa shape index (κ1) is 14.2. The number of nitrogens with zero attached hydrogens (tertiary/aromatic N) is 2. The number of H-pyrrole nitrogens is 1.